The van der Waals surface area contributed by atoms with E-state index in [4.69, 9.17) is 5.73 Å². The van der Waals surface area contributed by atoms with E-state index in [0.717, 1.165) is 19.4 Å². The van der Waals surface area contributed by atoms with Crippen LogP contribution in [0.3, 0.4) is 0 Å². The van der Waals surface area contributed by atoms with Crippen LogP contribution < -0.4 is 5.73 Å². The number of likely N-dealkylation sites (tertiary alicyclic amines) is 1. The molecule has 0 aliphatic carbocycles. The fourth-order valence-corrected chi connectivity index (χ4v) is 3.03. The summed E-state index contributed by atoms with van der Waals surface area (Å²) >= 11 is 0. The predicted molar refractivity (Wildman–Crippen MR) is 82.1 cm³/mol. The van der Waals surface area contributed by atoms with E-state index in [1.807, 2.05) is 0 Å². The molecule has 1 fully saturated rings. The number of rotatable bonds is 4. The van der Waals surface area contributed by atoms with Gasteiger partial charge in [-0.05, 0) is 30.7 Å². The van der Waals surface area contributed by atoms with E-state index in [1.165, 1.54) is 6.07 Å². The monoisotopic (exact) mass is 292 g/mol. The SMILES string of the molecule is CC(C)C1CCC(=O)N(CC(N)c2ccccc2F)CC1. The van der Waals surface area contributed by atoms with Crippen molar-refractivity contribution in [3.8, 4) is 0 Å². The number of nitrogens with two attached hydrogens (primary N) is 1. The maximum absolute atomic E-state index is 13.8. The molecule has 2 atom stereocenters. The summed E-state index contributed by atoms with van der Waals surface area (Å²) in [4.78, 5) is 14.0. The van der Waals surface area contributed by atoms with Crippen molar-refractivity contribution in [2.75, 3.05) is 13.1 Å². The van der Waals surface area contributed by atoms with Gasteiger partial charge >= 0.3 is 0 Å². The van der Waals surface area contributed by atoms with Crippen molar-refractivity contribution in [1.29, 1.82) is 0 Å². The minimum atomic E-state index is -0.467. The fourth-order valence-electron chi connectivity index (χ4n) is 3.03. The Bertz CT molecular complexity index is 489. The molecule has 3 nitrogen and oxygen atoms in total. The van der Waals surface area contributed by atoms with Gasteiger partial charge in [0.05, 0.1) is 6.04 Å². The number of halogens is 1. The lowest BCUT2D eigenvalue weighted by molar-refractivity contribution is -0.130. The van der Waals surface area contributed by atoms with Gasteiger partial charge in [-0.25, -0.2) is 4.39 Å². The van der Waals surface area contributed by atoms with E-state index in [-0.39, 0.29) is 11.7 Å². The van der Waals surface area contributed by atoms with E-state index in [0.29, 0.717) is 30.4 Å². The highest BCUT2D eigenvalue weighted by molar-refractivity contribution is 5.76. The van der Waals surface area contributed by atoms with Gasteiger partial charge < -0.3 is 10.6 Å². The lowest BCUT2D eigenvalue weighted by Crippen LogP contribution is -2.37. The Kier molecular flexibility index (Phi) is 5.34. The summed E-state index contributed by atoms with van der Waals surface area (Å²) in [5.41, 5.74) is 6.58. The molecule has 0 radical (unpaired) electrons. The van der Waals surface area contributed by atoms with Crippen LogP contribution in [0.5, 0.6) is 0 Å². The molecule has 1 aliphatic rings. The molecule has 116 valence electrons. The van der Waals surface area contributed by atoms with Crippen molar-refractivity contribution in [1.82, 2.24) is 4.90 Å². The summed E-state index contributed by atoms with van der Waals surface area (Å²) < 4.78 is 13.8. The van der Waals surface area contributed by atoms with Gasteiger partial charge in [-0.2, -0.15) is 0 Å². The molecule has 2 rings (SSSR count). The second kappa shape index (κ2) is 7.03. The number of carbonyl (C=O) groups excluding carboxylic acids is 1. The molecule has 1 amide bonds. The van der Waals surface area contributed by atoms with E-state index < -0.39 is 6.04 Å². The lowest BCUT2D eigenvalue weighted by atomic mass is 9.89. The third-order valence-electron chi connectivity index (χ3n) is 4.52. The Hall–Kier alpha value is -1.42. The van der Waals surface area contributed by atoms with E-state index in [1.54, 1.807) is 23.1 Å². The molecule has 1 aromatic rings. The fraction of sp³-hybridized carbons (Fsp3) is 0.588. The standard InChI is InChI=1S/C17H25FN2O/c1-12(2)13-7-8-17(21)20(10-9-13)11-16(19)14-5-3-4-6-15(14)18/h3-6,12-13,16H,7-11,19H2,1-2H3. The first-order valence-corrected chi connectivity index (χ1v) is 7.76. The third kappa shape index (κ3) is 4.03. The van der Waals surface area contributed by atoms with Crippen LogP contribution in [-0.4, -0.2) is 23.9 Å². The van der Waals surface area contributed by atoms with E-state index in [2.05, 4.69) is 13.8 Å². The molecule has 2 N–H and O–H groups in total. The molecule has 1 heterocycles. The predicted octanol–water partition coefficient (Wildman–Crippen LogP) is 3.11. The average molecular weight is 292 g/mol. The number of hydrogen-bond donors (Lipinski definition) is 1. The quantitative estimate of drug-likeness (QED) is 0.927. The van der Waals surface area contributed by atoms with Crippen LogP contribution in [-0.2, 0) is 4.79 Å². The molecular weight excluding hydrogens is 267 g/mol. The van der Waals surface area contributed by atoms with Crippen molar-refractivity contribution in [2.24, 2.45) is 17.6 Å². The minimum Gasteiger partial charge on any atom is -0.341 e. The van der Waals surface area contributed by atoms with Gasteiger partial charge in [0, 0.05) is 25.1 Å². The van der Waals surface area contributed by atoms with Crippen molar-refractivity contribution in [3.63, 3.8) is 0 Å². The molecule has 1 aromatic carbocycles. The Morgan fingerprint density at radius 1 is 1.33 bits per heavy atom. The molecule has 1 aliphatic heterocycles. The third-order valence-corrected chi connectivity index (χ3v) is 4.52. The Balaban J connectivity index is 2.01. The minimum absolute atomic E-state index is 0.143. The van der Waals surface area contributed by atoms with Crippen LogP contribution in [0.1, 0.15) is 44.7 Å². The van der Waals surface area contributed by atoms with Crippen LogP contribution in [0.2, 0.25) is 0 Å². The van der Waals surface area contributed by atoms with Crippen LogP contribution in [0.15, 0.2) is 24.3 Å². The smallest absolute Gasteiger partial charge is 0.222 e. The summed E-state index contributed by atoms with van der Waals surface area (Å²) in [5, 5.41) is 0. The Morgan fingerprint density at radius 3 is 2.71 bits per heavy atom. The van der Waals surface area contributed by atoms with Crippen LogP contribution in [0, 0.1) is 17.7 Å². The Labute approximate surface area is 126 Å². The maximum atomic E-state index is 13.8. The molecule has 0 bridgehead atoms. The maximum Gasteiger partial charge on any atom is 0.222 e. The zero-order chi connectivity index (χ0) is 15.4. The molecule has 21 heavy (non-hydrogen) atoms. The Morgan fingerprint density at radius 2 is 2.05 bits per heavy atom. The second-order valence-electron chi connectivity index (χ2n) is 6.30. The van der Waals surface area contributed by atoms with Gasteiger partial charge in [-0.3, -0.25) is 4.79 Å². The first kappa shape index (κ1) is 16.0. The van der Waals surface area contributed by atoms with Gasteiger partial charge in [0.25, 0.3) is 0 Å². The van der Waals surface area contributed by atoms with E-state index >= 15 is 0 Å². The first-order chi connectivity index (χ1) is 9.99. The number of hydrogen-bond acceptors (Lipinski definition) is 2. The zero-order valence-corrected chi connectivity index (χ0v) is 12.9. The van der Waals surface area contributed by atoms with Gasteiger partial charge in [0.15, 0.2) is 0 Å². The summed E-state index contributed by atoms with van der Waals surface area (Å²) in [7, 11) is 0. The highest BCUT2D eigenvalue weighted by Crippen LogP contribution is 2.26. The molecule has 0 spiro atoms. The highest BCUT2D eigenvalue weighted by atomic mass is 19.1. The van der Waals surface area contributed by atoms with Crippen LogP contribution in [0.25, 0.3) is 0 Å². The number of carbonyl (C=O) groups is 1. The molecule has 4 heteroatoms. The highest BCUT2D eigenvalue weighted by Gasteiger charge is 2.26. The summed E-state index contributed by atoms with van der Waals surface area (Å²) in [6, 6.07) is 6.06. The zero-order valence-electron chi connectivity index (χ0n) is 12.9. The van der Waals surface area contributed by atoms with Crippen molar-refractivity contribution >= 4 is 5.91 Å². The first-order valence-electron chi connectivity index (χ1n) is 7.76. The summed E-state index contributed by atoms with van der Waals surface area (Å²) in [6.07, 6.45) is 2.53. The summed E-state index contributed by atoms with van der Waals surface area (Å²) in [5.74, 6) is 1.03. The molecule has 0 aromatic heterocycles. The average Bonchev–Trinajstić information content (AvgIpc) is 2.62. The largest absolute Gasteiger partial charge is 0.341 e. The second-order valence-corrected chi connectivity index (χ2v) is 6.30. The van der Waals surface area contributed by atoms with Crippen LogP contribution in [0.4, 0.5) is 4.39 Å². The number of amides is 1. The van der Waals surface area contributed by atoms with Gasteiger partial charge in [0.1, 0.15) is 5.82 Å². The lowest BCUT2D eigenvalue weighted by Gasteiger charge is -2.25. The van der Waals surface area contributed by atoms with Gasteiger partial charge in [-0.1, -0.05) is 32.0 Å². The van der Waals surface area contributed by atoms with Crippen molar-refractivity contribution in [3.05, 3.63) is 35.6 Å². The topological polar surface area (TPSA) is 46.3 Å². The van der Waals surface area contributed by atoms with Crippen molar-refractivity contribution < 1.29 is 9.18 Å². The molecule has 1 saturated heterocycles. The van der Waals surface area contributed by atoms with Gasteiger partial charge in [-0.15, -0.1) is 0 Å². The molecular formula is C17H25FN2O. The molecule has 2 unspecified atom stereocenters. The number of nitrogens with zero attached hydrogens (tertiary/aromatic N) is 1. The van der Waals surface area contributed by atoms with Crippen molar-refractivity contribution in [2.45, 2.75) is 39.2 Å². The van der Waals surface area contributed by atoms with Crippen LogP contribution >= 0.6 is 0 Å². The normalized spacial score (nSPS) is 21.5. The van der Waals surface area contributed by atoms with Gasteiger partial charge in [0.2, 0.25) is 5.91 Å². The molecule has 0 saturated carbocycles. The summed E-state index contributed by atoms with van der Waals surface area (Å²) in [6.45, 7) is 5.53. The van der Waals surface area contributed by atoms with E-state index in [9.17, 15) is 9.18 Å². The number of benzene rings is 1.